The summed E-state index contributed by atoms with van der Waals surface area (Å²) in [4.78, 5) is 8.44. The molecule has 0 bridgehead atoms. The number of aromatic nitrogens is 2. The second kappa shape index (κ2) is 6.96. The van der Waals surface area contributed by atoms with Gasteiger partial charge in [-0.2, -0.15) is 16.7 Å². The first-order chi connectivity index (χ1) is 7.67. The van der Waals surface area contributed by atoms with Crippen molar-refractivity contribution in [1.82, 2.24) is 9.97 Å². The van der Waals surface area contributed by atoms with Crippen LogP contribution < -0.4 is 10.6 Å². The molecule has 0 amide bonds. The number of thioether (sulfide) groups is 1. The molecule has 6 heteroatoms. The molecule has 0 saturated heterocycles. The molecule has 1 heterocycles. The Kier molecular flexibility index (Phi) is 5.90. The van der Waals surface area contributed by atoms with Gasteiger partial charge in [0.15, 0.2) is 0 Å². The zero-order chi connectivity index (χ0) is 12.0. The van der Waals surface area contributed by atoms with Gasteiger partial charge in [-0.05, 0) is 33.9 Å². The Morgan fingerprint density at radius 2 is 2.31 bits per heavy atom. The lowest BCUT2D eigenvalue weighted by molar-refractivity contribution is 0.699. The van der Waals surface area contributed by atoms with E-state index in [0.717, 1.165) is 22.6 Å². The van der Waals surface area contributed by atoms with Crippen LogP contribution in [0.5, 0.6) is 0 Å². The summed E-state index contributed by atoms with van der Waals surface area (Å²) < 4.78 is 0.892. The van der Waals surface area contributed by atoms with Crippen molar-refractivity contribution in [2.24, 2.45) is 5.92 Å². The van der Waals surface area contributed by atoms with Gasteiger partial charge in [0.1, 0.15) is 5.82 Å². The van der Waals surface area contributed by atoms with E-state index in [2.05, 4.69) is 49.7 Å². The summed E-state index contributed by atoms with van der Waals surface area (Å²) in [6.45, 7) is 3.14. The van der Waals surface area contributed by atoms with E-state index in [4.69, 9.17) is 0 Å². The molecule has 1 aromatic heterocycles. The monoisotopic (exact) mass is 304 g/mol. The van der Waals surface area contributed by atoms with Crippen molar-refractivity contribution < 1.29 is 0 Å². The fourth-order valence-corrected chi connectivity index (χ4v) is 2.24. The van der Waals surface area contributed by atoms with E-state index in [0.29, 0.717) is 11.9 Å². The van der Waals surface area contributed by atoms with E-state index in [1.54, 1.807) is 6.20 Å². The summed E-state index contributed by atoms with van der Waals surface area (Å²) >= 11 is 5.29. The smallest absolute Gasteiger partial charge is 0.224 e. The van der Waals surface area contributed by atoms with Crippen LogP contribution in [0.15, 0.2) is 10.7 Å². The van der Waals surface area contributed by atoms with E-state index in [1.165, 1.54) is 0 Å². The van der Waals surface area contributed by atoms with Crippen molar-refractivity contribution >= 4 is 39.5 Å². The van der Waals surface area contributed by atoms with Gasteiger partial charge in [-0.25, -0.2) is 4.98 Å². The minimum atomic E-state index is 0.620. The topological polar surface area (TPSA) is 49.8 Å². The number of nitrogens with one attached hydrogen (secondary N) is 2. The summed E-state index contributed by atoms with van der Waals surface area (Å²) in [6, 6.07) is 0. The van der Waals surface area contributed by atoms with Gasteiger partial charge in [0.25, 0.3) is 0 Å². The average molecular weight is 305 g/mol. The Morgan fingerprint density at radius 3 is 2.94 bits per heavy atom. The van der Waals surface area contributed by atoms with Crippen LogP contribution in [-0.4, -0.2) is 35.6 Å². The van der Waals surface area contributed by atoms with Crippen molar-refractivity contribution in [2.75, 3.05) is 36.2 Å². The summed E-state index contributed by atoms with van der Waals surface area (Å²) in [7, 11) is 1.81. The molecule has 1 aromatic rings. The lowest BCUT2D eigenvalue weighted by Gasteiger charge is -2.13. The summed E-state index contributed by atoms with van der Waals surface area (Å²) in [5, 5.41) is 6.24. The van der Waals surface area contributed by atoms with Crippen LogP contribution in [0.25, 0.3) is 0 Å². The third kappa shape index (κ3) is 4.17. The zero-order valence-electron chi connectivity index (χ0n) is 9.75. The fraction of sp³-hybridized carbons (Fsp3) is 0.600. The maximum absolute atomic E-state index is 4.34. The molecule has 4 nitrogen and oxygen atoms in total. The molecule has 90 valence electrons. The lowest BCUT2D eigenvalue weighted by atomic mass is 10.2. The minimum Gasteiger partial charge on any atom is -0.369 e. The standard InChI is InChI=1S/C10H17BrN4S/c1-7(6-16-3)4-13-9-8(11)5-14-10(12-2)15-9/h5,7H,4,6H2,1-3H3,(H2,12,13,14,15). The first-order valence-electron chi connectivity index (χ1n) is 5.10. The van der Waals surface area contributed by atoms with Crippen LogP contribution >= 0.6 is 27.7 Å². The van der Waals surface area contributed by atoms with Gasteiger partial charge in [0, 0.05) is 19.8 Å². The highest BCUT2D eigenvalue weighted by Crippen LogP contribution is 2.20. The predicted molar refractivity (Wildman–Crippen MR) is 75.3 cm³/mol. The Balaban J connectivity index is 2.58. The molecule has 0 saturated carbocycles. The molecule has 0 aliphatic carbocycles. The number of nitrogens with zero attached hydrogens (tertiary/aromatic N) is 2. The molecule has 0 aliphatic rings. The van der Waals surface area contributed by atoms with Crippen molar-refractivity contribution in [3.05, 3.63) is 10.7 Å². The highest BCUT2D eigenvalue weighted by Gasteiger charge is 2.06. The third-order valence-electron chi connectivity index (χ3n) is 2.04. The highest BCUT2D eigenvalue weighted by atomic mass is 79.9. The molecule has 0 aromatic carbocycles. The zero-order valence-corrected chi connectivity index (χ0v) is 12.2. The maximum atomic E-state index is 4.34. The molecular formula is C10H17BrN4S. The first-order valence-corrected chi connectivity index (χ1v) is 7.29. The number of hydrogen-bond acceptors (Lipinski definition) is 5. The lowest BCUT2D eigenvalue weighted by Crippen LogP contribution is -2.15. The SMILES string of the molecule is CNc1ncc(Br)c(NCC(C)CSC)n1. The number of hydrogen-bond donors (Lipinski definition) is 2. The van der Waals surface area contributed by atoms with Crippen LogP contribution in [-0.2, 0) is 0 Å². The molecule has 16 heavy (non-hydrogen) atoms. The van der Waals surface area contributed by atoms with Gasteiger partial charge in [-0.3, -0.25) is 0 Å². The van der Waals surface area contributed by atoms with E-state index >= 15 is 0 Å². The summed E-state index contributed by atoms with van der Waals surface area (Å²) in [6.07, 6.45) is 3.87. The number of rotatable bonds is 6. The quantitative estimate of drug-likeness (QED) is 0.846. The summed E-state index contributed by atoms with van der Waals surface area (Å²) in [5.41, 5.74) is 0. The molecule has 2 N–H and O–H groups in total. The van der Waals surface area contributed by atoms with Crippen LogP contribution in [0.1, 0.15) is 6.92 Å². The van der Waals surface area contributed by atoms with Gasteiger partial charge in [-0.1, -0.05) is 6.92 Å². The average Bonchev–Trinajstić information content (AvgIpc) is 2.28. The van der Waals surface area contributed by atoms with Crippen LogP contribution in [0, 0.1) is 5.92 Å². The van der Waals surface area contributed by atoms with Gasteiger partial charge >= 0.3 is 0 Å². The van der Waals surface area contributed by atoms with Crippen LogP contribution in [0.2, 0.25) is 0 Å². The molecular weight excluding hydrogens is 288 g/mol. The van der Waals surface area contributed by atoms with Crippen LogP contribution in [0.4, 0.5) is 11.8 Å². The second-order valence-corrected chi connectivity index (χ2v) is 5.35. The number of anilines is 2. The van der Waals surface area contributed by atoms with Gasteiger partial charge in [-0.15, -0.1) is 0 Å². The number of halogens is 1. The maximum Gasteiger partial charge on any atom is 0.224 e. The van der Waals surface area contributed by atoms with E-state index in [-0.39, 0.29) is 0 Å². The Bertz CT molecular complexity index is 335. The van der Waals surface area contributed by atoms with Gasteiger partial charge < -0.3 is 10.6 Å². The molecule has 0 radical (unpaired) electrons. The Labute approximate surface area is 109 Å². The van der Waals surface area contributed by atoms with E-state index in [9.17, 15) is 0 Å². The molecule has 1 rings (SSSR count). The van der Waals surface area contributed by atoms with Gasteiger partial charge in [0.2, 0.25) is 5.95 Å². The molecule has 0 fully saturated rings. The third-order valence-corrected chi connectivity index (χ3v) is 3.52. The summed E-state index contributed by atoms with van der Waals surface area (Å²) in [5.74, 6) is 3.24. The Morgan fingerprint density at radius 1 is 1.56 bits per heavy atom. The second-order valence-electron chi connectivity index (χ2n) is 3.58. The Hall–Kier alpha value is -0.490. The molecule has 0 aliphatic heterocycles. The van der Waals surface area contributed by atoms with Crippen molar-refractivity contribution in [1.29, 1.82) is 0 Å². The van der Waals surface area contributed by atoms with E-state index < -0.39 is 0 Å². The highest BCUT2D eigenvalue weighted by molar-refractivity contribution is 9.10. The van der Waals surface area contributed by atoms with Gasteiger partial charge in [0.05, 0.1) is 4.47 Å². The largest absolute Gasteiger partial charge is 0.369 e. The van der Waals surface area contributed by atoms with Crippen molar-refractivity contribution in [3.8, 4) is 0 Å². The van der Waals surface area contributed by atoms with Crippen molar-refractivity contribution in [2.45, 2.75) is 6.92 Å². The molecule has 1 atom stereocenters. The minimum absolute atomic E-state index is 0.620. The predicted octanol–water partition coefficient (Wildman–Crippen LogP) is 2.69. The first kappa shape index (κ1) is 13.6. The fourth-order valence-electron chi connectivity index (χ4n) is 1.23. The molecule has 0 spiro atoms. The van der Waals surface area contributed by atoms with Crippen molar-refractivity contribution in [3.63, 3.8) is 0 Å². The van der Waals surface area contributed by atoms with Crippen LogP contribution in [0.3, 0.4) is 0 Å². The van der Waals surface area contributed by atoms with E-state index in [1.807, 2.05) is 18.8 Å². The molecule has 1 unspecified atom stereocenters. The normalized spacial score (nSPS) is 12.2.